The van der Waals surface area contributed by atoms with Crippen LogP contribution in [0.3, 0.4) is 0 Å². The molecule has 0 radical (unpaired) electrons. The van der Waals surface area contributed by atoms with E-state index in [1.807, 2.05) is 24.7 Å². The van der Waals surface area contributed by atoms with Gasteiger partial charge in [-0.25, -0.2) is 0 Å². The quantitative estimate of drug-likeness (QED) is 0.843. The number of benzene rings is 1. The maximum atomic E-state index is 9.44. The minimum absolute atomic E-state index is 0.0300. The molecule has 4 nitrogen and oxygen atoms in total. The molecule has 4 heteroatoms. The molecule has 0 atom stereocenters. The Hall–Kier alpha value is -1.97. The second kappa shape index (κ2) is 5.19. The van der Waals surface area contributed by atoms with E-state index in [1.54, 1.807) is 12.1 Å². The van der Waals surface area contributed by atoms with Crippen molar-refractivity contribution < 1.29 is 5.11 Å². The molecule has 0 aliphatic rings. The van der Waals surface area contributed by atoms with E-state index in [0.717, 1.165) is 23.5 Å². The lowest BCUT2D eigenvalue weighted by atomic mass is 9.89. The van der Waals surface area contributed by atoms with E-state index in [1.165, 1.54) is 5.56 Å². The van der Waals surface area contributed by atoms with Crippen molar-refractivity contribution in [1.29, 1.82) is 0 Å². The van der Waals surface area contributed by atoms with Crippen molar-refractivity contribution in [2.45, 2.75) is 39.7 Å². The van der Waals surface area contributed by atoms with Crippen molar-refractivity contribution in [3.63, 3.8) is 0 Å². The molecule has 20 heavy (non-hydrogen) atoms. The van der Waals surface area contributed by atoms with Gasteiger partial charge in [-0.1, -0.05) is 20.8 Å². The van der Waals surface area contributed by atoms with Gasteiger partial charge in [-0.15, -0.1) is 0 Å². The van der Waals surface area contributed by atoms with E-state index in [2.05, 4.69) is 37.4 Å². The van der Waals surface area contributed by atoms with Gasteiger partial charge in [0, 0.05) is 36.5 Å². The predicted octanol–water partition coefficient (Wildman–Crippen LogP) is 3.34. The summed E-state index contributed by atoms with van der Waals surface area (Å²) in [6, 6.07) is 5.36. The van der Waals surface area contributed by atoms with Gasteiger partial charge in [-0.05, 0) is 30.7 Å². The van der Waals surface area contributed by atoms with Gasteiger partial charge in [0.15, 0.2) is 0 Å². The number of phenols is 1. The highest BCUT2D eigenvalue weighted by Gasteiger charge is 2.21. The minimum Gasteiger partial charge on any atom is -0.508 e. The molecule has 108 valence electrons. The lowest BCUT2D eigenvalue weighted by Crippen LogP contribution is -2.16. The molecule has 0 saturated carbocycles. The number of aryl methyl sites for hydroxylation is 2. The highest BCUT2D eigenvalue weighted by atomic mass is 16.3. The van der Waals surface area contributed by atoms with Gasteiger partial charge in [0.25, 0.3) is 0 Å². The van der Waals surface area contributed by atoms with Crippen LogP contribution in [0.5, 0.6) is 5.75 Å². The molecule has 0 unspecified atom stereocenters. The SMILES string of the molecule is Cc1cc(O)ccc1NCc1cn(C)nc1C(C)(C)C. The molecule has 0 amide bonds. The van der Waals surface area contributed by atoms with E-state index >= 15 is 0 Å². The summed E-state index contributed by atoms with van der Waals surface area (Å²) in [5.74, 6) is 0.296. The summed E-state index contributed by atoms with van der Waals surface area (Å²) < 4.78 is 1.86. The van der Waals surface area contributed by atoms with Crippen LogP contribution in [0.1, 0.15) is 37.6 Å². The molecule has 0 fully saturated rings. The molecule has 2 rings (SSSR count). The topological polar surface area (TPSA) is 50.1 Å². The fourth-order valence-electron chi connectivity index (χ4n) is 2.34. The molecule has 2 aromatic rings. The summed E-state index contributed by atoms with van der Waals surface area (Å²) in [6.45, 7) is 9.22. The van der Waals surface area contributed by atoms with Crippen LogP contribution in [-0.2, 0) is 19.0 Å². The summed E-state index contributed by atoms with van der Waals surface area (Å²) in [6.07, 6.45) is 2.06. The molecule has 0 spiro atoms. The average molecular weight is 273 g/mol. The van der Waals surface area contributed by atoms with Gasteiger partial charge in [-0.3, -0.25) is 4.68 Å². The van der Waals surface area contributed by atoms with E-state index < -0.39 is 0 Å². The first-order chi connectivity index (χ1) is 9.27. The number of nitrogens with zero attached hydrogens (tertiary/aromatic N) is 2. The number of rotatable bonds is 3. The molecular weight excluding hydrogens is 250 g/mol. The largest absolute Gasteiger partial charge is 0.508 e. The average Bonchev–Trinajstić information content (AvgIpc) is 2.69. The Bertz CT molecular complexity index is 609. The molecule has 1 aromatic carbocycles. The Morgan fingerprint density at radius 1 is 1.30 bits per heavy atom. The fraction of sp³-hybridized carbons (Fsp3) is 0.438. The van der Waals surface area contributed by atoms with Crippen molar-refractivity contribution >= 4 is 5.69 Å². The Morgan fingerprint density at radius 3 is 2.60 bits per heavy atom. The second-order valence-electron chi connectivity index (χ2n) is 6.28. The number of phenolic OH excluding ortho intramolecular Hbond substituents is 1. The number of anilines is 1. The van der Waals surface area contributed by atoms with Crippen LogP contribution in [-0.4, -0.2) is 14.9 Å². The van der Waals surface area contributed by atoms with E-state index in [-0.39, 0.29) is 5.41 Å². The predicted molar refractivity (Wildman–Crippen MR) is 82.1 cm³/mol. The summed E-state index contributed by atoms with van der Waals surface area (Å²) >= 11 is 0. The standard InChI is InChI=1S/C16H23N3O/c1-11-8-13(20)6-7-14(11)17-9-12-10-19(5)18-15(12)16(2,3)4/h6-8,10,17,20H,9H2,1-5H3. The fourth-order valence-corrected chi connectivity index (χ4v) is 2.34. The summed E-state index contributed by atoms with van der Waals surface area (Å²) in [7, 11) is 1.95. The molecule has 0 bridgehead atoms. The van der Waals surface area contributed by atoms with E-state index in [0.29, 0.717) is 5.75 Å². The zero-order chi connectivity index (χ0) is 14.9. The van der Waals surface area contributed by atoms with Crippen molar-refractivity contribution in [2.75, 3.05) is 5.32 Å². The van der Waals surface area contributed by atoms with Gasteiger partial charge in [-0.2, -0.15) is 5.10 Å². The highest BCUT2D eigenvalue weighted by Crippen LogP contribution is 2.26. The summed E-state index contributed by atoms with van der Waals surface area (Å²) in [5, 5.41) is 17.4. The lowest BCUT2D eigenvalue weighted by Gasteiger charge is -2.18. The maximum absolute atomic E-state index is 9.44. The number of aromatic nitrogens is 2. The Balaban J connectivity index is 2.19. The van der Waals surface area contributed by atoms with Crippen LogP contribution in [0.4, 0.5) is 5.69 Å². The summed E-state index contributed by atoms with van der Waals surface area (Å²) in [5.41, 5.74) is 4.41. The van der Waals surface area contributed by atoms with Gasteiger partial charge >= 0.3 is 0 Å². The van der Waals surface area contributed by atoms with Crippen LogP contribution in [0.15, 0.2) is 24.4 Å². The highest BCUT2D eigenvalue weighted by molar-refractivity contribution is 5.53. The van der Waals surface area contributed by atoms with E-state index in [9.17, 15) is 5.11 Å². The summed E-state index contributed by atoms with van der Waals surface area (Å²) in [4.78, 5) is 0. The number of nitrogens with one attached hydrogen (secondary N) is 1. The van der Waals surface area contributed by atoms with Gasteiger partial charge in [0.05, 0.1) is 5.69 Å². The Morgan fingerprint density at radius 2 is 2.00 bits per heavy atom. The number of hydrogen-bond acceptors (Lipinski definition) is 3. The number of aromatic hydroxyl groups is 1. The Kier molecular flexibility index (Phi) is 3.75. The first-order valence-corrected chi connectivity index (χ1v) is 6.84. The number of hydrogen-bond donors (Lipinski definition) is 2. The normalized spacial score (nSPS) is 11.7. The molecule has 1 aromatic heterocycles. The molecule has 1 heterocycles. The van der Waals surface area contributed by atoms with Crippen LogP contribution in [0.25, 0.3) is 0 Å². The van der Waals surface area contributed by atoms with Crippen molar-refractivity contribution in [1.82, 2.24) is 9.78 Å². The van der Waals surface area contributed by atoms with Crippen molar-refractivity contribution in [2.24, 2.45) is 7.05 Å². The van der Waals surface area contributed by atoms with Crippen LogP contribution >= 0.6 is 0 Å². The first-order valence-electron chi connectivity index (χ1n) is 6.84. The third kappa shape index (κ3) is 3.13. The van der Waals surface area contributed by atoms with Gasteiger partial charge < -0.3 is 10.4 Å². The van der Waals surface area contributed by atoms with Crippen LogP contribution in [0.2, 0.25) is 0 Å². The van der Waals surface area contributed by atoms with Crippen LogP contribution in [0, 0.1) is 6.92 Å². The van der Waals surface area contributed by atoms with Gasteiger partial charge in [0.1, 0.15) is 5.75 Å². The van der Waals surface area contributed by atoms with Crippen molar-refractivity contribution in [3.8, 4) is 5.75 Å². The maximum Gasteiger partial charge on any atom is 0.115 e. The Labute approximate surface area is 120 Å². The second-order valence-corrected chi connectivity index (χ2v) is 6.28. The van der Waals surface area contributed by atoms with Crippen LogP contribution < -0.4 is 5.32 Å². The molecule has 2 N–H and O–H groups in total. The monoisotopic (exact) mass is 273 g/mol. The van der Waals surface area contributed by atoms with Crippen molar-refractivity contribution in [3.05, 3.63) is 41.2 Å². The van der Waals surface area contributed by atoms with Gasteiger partial charge in [0.2, 0.25) is 0 Å². The van der Waals surface area contributed by atoms with E-state index in [4.69, 9.17) is 0 Å². The zero-order valence-corrected chi connectivity index (χ0v) is 12.9. The molecule has 0 aliphatic carbocycles. The minimum atomic E-state index is 0.0300. The zero-order valence-electron chi connectivity index (χ0n) is 12.9. The smallest absolute Gasteiger partial charge is 0.115 e. The third-order valence-electron chi connectivity index (χ3n) is 3.29. The molecular formula is C16H23N3O. The first kappa shape index (κ1) is 14.4. The molecule has 0 saturated heterocycles. The third-order valence-corrected chi connectivity index (χ3v) is 3.29. The molecule has 0 aliphatic heterocycles. The lowest BCUT2D eigenvalue weighted by molar-refractivity contribution is 0.475.